The van der Waals surface area contributed by atoms with Crippen LogP contribution >= 0.6 is 0 Å². The van der Waals surface area contributed by atoms with Crippen LogP contribution in [0.2, 0.25) is 0 Å². The van der Waals surface area contributed by atoms with E-state index in [9.17, 15) is 0 Å². The zero-order chi connectivity index (χ0) is 11.0. The zero-order valence-corrected chi connectivity index (χ0v) is 10.3. The molecule has 0 spiro atoms. The predicted molar refractivity (Wildman–Crippen MR) is 56.7 cm³/mol. The fraction of sp³-hybridized carbons (Fsp3) is 1.00. The molecular formula is C11H23NO2. The van der Waals surface area contributed by atoms with Gasteiger partial charge in [0.2, 0.25) is 0 Å². The third-order valence-electron chi connectivity index (χ3n) is 2.42. The van der Waals surface area contributed by atoms with Gasteiger partial charge in [0.15, 0.2) is 6.29 Å². The molecule has 1 rings (SSSR count). The molecule has 1 aliphatic heterocycles. The minimum atomic E-state index is -0.0823. The van der Waals surface area contributed by atoms with Gasteiger partial charge in [-0.15, -0.1) is 0 Å². The Labute approximate surface area is 87.4 Å². The molecule has 1 aliphatic rings. The van der Waals surface area contributed by atoms with Crippen LogP contribution in [0.3, 0.4) is 0 Å². The van der Waals surface area contributed by atoms with E-state index in [0.29, 0.717) is 13.5 Å². The molecule has 0 amide bonds. The highest BCUT2D eigenvalue weighted by Crippen LogP contribution is 2.28. The van der Waals surface area contributed by atoms with Crippen molar-refractivity contribution in [2.45, 2.75) is 53.4 Å². The highest BCUT2D eigenvalue weighted by atomic mass is 16.7. The fourth-order valence-corrected chi connectivity index (χ4v) is 1.29. The summed E-state index contributed by atoms with van der Waals surface area (Å²) in [5.41, 5.74) is 0.173. The Bertz CT molecular complexity index is 160. The van der Waals surface area contributed by atoms with E-state index in [-0.39, 0.29) is 17.2 Å². The third-order valence-corrected chi connectivity index (χ3v) is 2.42. The Balaban J connectivity index is 2.47. The second-order valence-electron chi connectivity index (χ2n) is 6.00. The fourth-order valence-electron chi connectivity index (χ4n) is 1.29. The number of ether oxygens (including phenoxy) is 2. The Morgan fingerprint density at radius 2 is 1.36 bits per heavy atom. The van der Waals surface area contributed by atoms with E-state index in [1.54, 1.807) is 0 Å². The summed E-state index contributed by atoms with van der Waals surface area (Å²) in [7, 11) is 0. The van der Waals surface area contributed by atoms with Crippen LogP contribution in [0.5, 0.6) is 0 Å². The SMILES string of the molecule is CC(C)(C)C1OCN(C(C)(C)C)CO1. The number of nitrogens with zero attached hydrogens (tertiary/aromatic N) is 1. The topological polar surface area (TPSA) is 21.7 Å². The van der Waals surface area contributed by atoms with Crippen molar-refractivity contribution < 1.29 is 9.47 Å². The summed E-state index contributed by atoms with van der Waals surface area (Å²) < 4.78 is 11.4. The molecule has 0 aromatic carbocycles. The van der Waals surface area contributed by atoms with Crippen molar-refractivity contribution in [2.24, 2.45) is 5.41 Å². The van der Waals surface area contributed by atoms with Crippen LogP contribution in [0.1, 0.15) is 41.5 Å². The van der Waals surface area contributed by atoms with Gasteiger partial charge in [0.05, 0.1) is 0 Å². The molecule has 0 bridgehead atoms. The molecular weight excluding hydrogens is 178 g/mol. The van der Waals surface area contributed by atoms with E-state index < -0.39 is 0 Å². The minimum absolute atomic E-state index is 0.0595. The van der Waals surface area contributed by atoms with Crippen molar-refractivity contribution in [2.75, 3.05) is 13.5 Å². The molecule has 1 fully saturated rings. The van der Waals surface area contributed by atoms with Crippen molar-refractivity contribution in [3.05, 3.63) is 0 Å². The summed E-state index contributed by atoms with van der Waals surface area (Å²) in [6.07, 6.45) is -0.0823. The van der Waals surface area contributed by atoms with Gasteiger partial charge < -0.3 is 9.47 Å². The van der Waals surface area contributed by atoms with E-state index >= 15 is 0 Å². The lowest BCUT2D eigenvalue weighted by molar-refractivity contribution is -0.292. The average Bonchev–Trinajstić information content (AvgIpc) is 2.01. The van der Waals surface area contributed by atoms with E-state index in [0.717, 1.165) is 0 Å². The molecule has 3 nitrogen and oxygen atoms in total. The standard InChI is InChI=1S/C11H23NO2/c1-10(2,3)9-13-7-12(8-14-9)11(4,5)6/h9H,7-8H2,1-6H3. The molecule has 3 heteroatoms. The summed E-state index contributed by atoms with van der Waals surface area (Å²) in [6, 6.07) is 0. The van der Waals surface area contributed by atoms with Crippen molar-refractivity contribution in [3.63, 3.8) is 0 Å². The zero-order valence-electron chi connectivity index (χ0n) is 10.3. The maximum absolute atomic E-state index is 5.69. The van der Waals surface area contributed by atoms with Gasteiger partial charge in [-0.05, 0) is 20.8 Å². The van der Waals surface area contributed by atoms with E-state index in [2.05, 4.69) is 46.4 Å². The van der Waals surface area contributed by atoms with Crippen LogP contribution < -0.4 is 0 Å². The van der Waals surface area contributed by atoms with Gasteiger partial charge in [-0.1, -0.05) is 20.8 Å². The Hall–Kier alpha value is -0.120. The normalized spacial score (nSPS) is 22.7. The molecule has 84 valence electrons. The van der Waals surface area contributed by atoms with Crippen LogP contribution in [0.15, 0.2) is 0 Å². The quantitative estimate of drug-likeness (QED) is 0.601. The minimum Gasteiger partial charge on any atom is -0.337 e. The van der Waals surface area contributed by atoms with Gasteiger partial charge in [-0.2, -0.15) is 0 Å². The van der Waals surface area contributed by atoms with Crippen molar-refractivity contribution in [1.82, 2.24) is 4.90 Å². The number of hydrogen-bond donors (Lipinski definition) is 0. The molecule has 0 unspecified atom stereocenters. The van der Waals surface area contributed by atoms with E-state index in [1.165, 1.54) is 0 Å². The Morgan fingerprint density at radius 1 is 0.929 bits per heavy atom. The lowest BCUT2D eigenvalue weighted by Crippen LogP contribution is -2.52. The number of rotatable bonds is 0. The lowest BCUT2D eigenvalue weighted by Gasteiger charge is -2.43. The molecule has 1 saturated heterocycles. The third kappa shape index (κ3) is 2.94. The van der Waals surface area contributed by atoms with E-state index in [1.807, 2.05) is 0 Å². The highest BCUT2D eigenvalue weighted by Gasteiger charge is 2.33. The maximum Gasteiger partial charge on any atom is 0.165 e. The van der Waals surface area contributed by atoms with Crippen LogP contribution in [-0.2, 0) is 9.47 Å². The largest absolute Gasteiger partial charge is 0.337 e. The smallest absolute Gasteiger partial charge is 0.165 e. The molecule has 0 saturated carbocycles. The average molecular weight is 201 g/mol. The summed E-state index contributed by atoms with van der Waals surface area (Å²) >= 11 is 0. The summed E-state index contributed by atoms with van der Waals surface area (Å²) in [5, 5.41) is 0. The second-order valence-corrected chi connectivity index (χ2v) is 6.00. The van der Waals surface area contributed by atoms with Crippen molar-refractivity contribution >= 4 is 0 Å². The molecule has 0 N–H and O–H groups in total. The van der Waals surface area contributed by atoms with Gasteiger partial charge in [0, 0.05) is 11.0 Å². The van der Waals surface area contributed by atoms with Gasteiger partial charge in [0.1, 0.15) is 13.5 Å². The van der Waals surface area contributed by atoms with Gasteiger partial charge in [0.25, 0.3) is 0 Å². The van der Waals surface area contributed by atoms with Crippen molar-refractivity contribution in [3.8, 4) is 0 Å². The molecule has 0 aliphatic carbocycles. The first-order valence-corrected chi connectivity index (χ1v) is 5.19. The summed E-state index contributed by atoms with van der Waals surface area (Å²) in [4.78, 5) is 2.18. The van der Waals surface area contributed by atoms with Crippen LogP contribution in [0, 0.1) is 5.41 Å². The van der Waals surface area contributed by atoms with E-state index in [4.69, 9.17) is 9.47 Å². The molecule has 0 aromatic heterocycles. The molecule has 0 atom stereocenters. The van der Waals surface area contributed by atoms with Crippen molar-refractivity contribution in [1.29, 1.82) is 0 Å². The lowest BCUT2D eigenvalue weighted by atomic mass is 9.96. The van der Waals surface area contributed by atoms with Crippen LogP contribution in [-0.4, -0.2) is 30.2 Å². The van der Waals surface area contributed by atoms with Gasteiger partial charge in [-0.3, -0.25) is 4.90 Å². The second kappa shape index (κ2) is 3.80. The first kappa shape index (κ1) is 12.0. The van der Waals surface area contributed by atoms with Crippen LogP contribution in [0.4, 0.5) is 0 Å². The molecule has 0 aromatic rings. The maximum atomic E-state index is 5.69. The number of hydrogen-bond acceptors (Lipinski definition) is 3. The first-order valence-electron chi connectivity index (χ1n) is 5.19. The highest BCUT2D eigenvalue weighted by molar-refractivity contribution is 4.76. The Kier molecular flexibility index (Phi) is 3.24. The predicted octanol–water partition coefficient (Wildman–Crippen LogP) is 2.42. The van der Waals surface area contributed by atoms with Crippen LogP contribution in [0.25, 0.3) is 0 Å². The molecule has 14 heavy (non-hydrogen) atoms. The molecule has 0 radical (unpaired) electrons. The molecule has 1 heterocycles. The first-order chi connectivity index (χ1) is 6.21. The summed E-state index contributed by atoms with van der Waals surface area (Å²) in [6.45, 7) is 14.2. The van der Waals surface area contributed by atoms with Gasteiger partial charge in [-0.25, -0.2) is 0 Å². The van der Waals surface area contributed by atoms with Gasteiger partial charge >= 0.3 is 0 Å². The Morgan fingerprint density at radius 3 is 1.64 bits per heavy atom. The monoisotopic (exact) mass is 201 g/mol. The summed E-state index contributed by atoms with van der Waals surface area (Å²) in [5.74, 6) is 0.